The molecule has 0 saturated heterocycles. The van der Waals surface area contributed by atoms with E-state index in [0.717, 1.165) is 31.4 Å². The zero-order chi connectivity index (χ0) is 14.3. The van der Waals surface area contributed by atoms with Crippen LogP contribution < -0.4 is 5.73 Å². The minimum atomic E-state index is -4.33. The van der Waals surface area contributed by atoms with Crippen LogP contribution in [0.1, 0.15) is 36.8 Å². The monoisotopic (exact) mass is 273 g/mol. The standard InChI is InChI=1S/C14H18F3NO/c15-14(16,17)12-7-5-11(6-8-12)10-13(19)4-2-1-3-9-18/h5-8H,1-4,9-10,18H2. The third-order valence-corrected chi connectivity index (χ3v) is 2.84. The van der Waals surface area contributed by atoms with E-state index in [-0.39, 0.29) is 12.2 Å². The lowest BCUT2D eigenvalue weighted by molar-refractivity contribution is -0.137. The number of carbonyl (C=O) groups excluding carboxylic acids is 1. The lowest BCUT2D eigenvalue weighted by Crippen LogP contribution is -2.06. The van der Waals surface area contributed by atoms with Crippen molar-refractivity contribution < 1.29 is 18.0 Å². The number of rotatable bonds is 7. The summed E-state index contributed by atoms with van der Waals surface area (Å²) in [5.74, 6) is 0.0526. The minimum absolute atomic E-state index is 0.0526. The number of alkyl halides is 3. The highest BCUT2D eigenvalue weighted by Gasteiger charge is 2.29. The van der Waals surface area contributed by atoms with Crippen LogP contribution in [0, 0.1) is 0 Å². The second-order valence-corrected chi connectivity index (χ2v) is 4.51. The van der Waals surface area contributed by atoms with E-state index in [2.05, 4.69) is 0 Å². The van der Waals surface area contributed by atoms with Crippen LogP contribution in [0.5, 0.6) is 0 Å². The third-order valence-electron chi connectivity index (χ3n) is 2.84. The number of hydrogen-bond donors (Lipinski definition) is 1. The molecule has 0 amide bonds. The molecule has 19 heavy (non-hydrogen) atoms. The average Bonchev–Trinajstić information content (AvgIpc) is 2.34. The summed E-state index contributed by atoms with van der Waals surface area (Å²) in [4.78, 5) is 11.6. The molecule has 2 N–H and O–H groups in total. The molecule has 2 nitrogen and oxygen atoms in total. The summed E-state index contributed by atoms with van der Waals surface area (Å²) in [5.41, 5.74) is 5.28. The fourth-order valence-corrected chi connectivity index (χ4v) is 1.77. The molecule has 0 fully saturated rings. The normalized spacial score (nSPS) is 11.6. The number of nitrogens with two attached hydrogens (primary N) is 1. The Morgan fingerprint density at radius 1 is 1.05 bits per heavy atom. The van der Waals surface area contributed by atoms with Gasteiger partial charge in [0.2, 0.25) is 0 Å². The summed E-state index contributed by atoms with van der Waals surface area (Å²) < 4.78 is 37.0. The highest BCUT2D eigenvalue weighted by atomic mass is 19.4. The first kappa shape index (κ1) is 15.7. The molecule has 0 saturated carbocycles. The lowest BCUT2D eigenvalue weighted by atomic mass is 10.0. The number of hydrogen-bond acceptors (Lipinski definition) is 2. The summed E-state index contributed by atoms with van der Waals surface area (Å²) in [6.45, 7) is 0.618. The van der Waals surface area contributed by atoms with Crippen LogP contribution in [0.25, 0.3) is 0 Å². The molecule has 0 bridgehead atoms. The van der Waals surface area contributed by atoms with Crippen molar-refractivity contribution in [3.8, 4) is 0 Å². The van der Waals surface area contributed by atoms with Gasteiger partial charge in [0.1, 0.15) is 5.78 Å². The van der Waals surface area contributed by atoms with Crippen LogP contribution in [-0.2, 0) is 17.4 Å². The number of unbranched alkanes of at least 4 members (excludes halogenated alkanes) is 2. The first-order valence-corrected chi connectivity index (χ1v) is 6.31. The molecule has 1 aromatic carbocycles. The summed E-state index contributed by atoms with van der Waals surface area (Å²) in [6, 6.07) is 4.75. The molecular formula is C14H18F3NO. The van der Waals surface area contributed by atoms with Gasteiger partial charge in [-0.3, -0.25) is 4.79 Å². The van der Waals surface area contributed by atoms with Crippen LogP contribution in [0.3, 0.4) is 0 Å². The van der Waals surface area contributed by atoms with Crippen molar-refractivity contribution in [1.29, 1.82) is 0 Å². The number of carbonyl (C=O) groups is 1. The van der Waals surface area contributed by atoms with Gasteiger partial charge in [-0.15, -0.1) is 0 Å². The number of Topliss-reactive ketones (excluding diaryl/α,β-unsaturated/α-hetero) is 1. The molecule has 0 aliphatic heterocycles. The molecule has 0 spiro atoms. The quantitative estimate of drug-likeness (QED) is 0.774. The second kappa shape index (κ2) is 7.28. The van der Waals surface area contributed by atoms with Crippen LogP contribution in [0.4, 0.5) is 13.2 Å². The molecule has 5 heteroatoms. The predicted molar refractivity (Wildman–Crippen MR) is 67.7 cm³/mol. The first-order chi connectivity index (χ1) is 8.93. The van der Waals surface area contributed by atoms with Gasteiger partial charge >= 0.3 is 6.18 Å². The molecular weight excluding hydrogens is 255 g/mol. The molecule has 0 radical (unpaired) electrons. The van der Waals surface area contributed by atoms with Gasteiger partial charge in [0.25, 0.3) is 0 Å². The van der Waals surface area contributed by atoms with Crippen LogP contribution in [0.15, 0.2) is 24.3 Å². The summed E-state index contributed by atoms with van der Waals surface area (Å²) in [5, 5.41) is 0. The van der Waals surface area contributed by atoms with Gasteiger partial charge in [0.05, 0.1) is 5.56 Å². The minimum Gasteiger partial charge on any atom is -0.330 e. The molecule has 0 aliphatic rings. The predicted octanol–water partition coefficient (Wildman–Crippen LogP) is 3.34. The van der Waals surface area contributed by atoms with E-state index in [9.17, 15) is 18.0 Å². The van der Waals surface area contributed by atoms with Crippen molar-refractivity contribution >= 4 is 5.78 Å². The maximum absolute atomic E-state index is 12.3. The van der Waals surface area contributed by atoms with Crippen molar-refractivity contribution in [3.63, 3.8) is 0 Å². The SMILES string of the molecule is NCCCCCC(=O)Cc1ccc(C(F)(F)F)cc1. The Labute approximate surface area is 110 Å². The topological polar surface area (TPSA) is 43.1 Å². The highest BCUT2D eigenvalue weighted by molar-refractivity contribution is 5.80. The van der Waals surface area contributed by atoms with E-state index in [1.54, 1.807) is 0 Å². The van der Waals surface area contributed by atoms with Crippen LogP contribution in [-0.4, -0.2) is 12.3 Å². The van der Waals surface area contributed by atoms with Gasteiger partial charge in [-0.25, -0.2) is 0 Å². The van der Waals surface area contributed by atoms with E-state index in [0.29, 0.717) is 18.5 Å². The Morgan fingerprint density at radius 3 is 2.21 bits per heavy atom. The number of halogens is 3. The van der Waals surface area contributed by atoms with Gasteiger partial charge in [0, 0.05) is 12.8 Å². The van der Waals surface area contributed by atoms with E-state index in [1.807, 2.05) is 0 Å². The fourth-order valence-electron chi connectivity index (χ4n) is 1.77. The zero-order valence-corrected chi connectivity index (χ0v) is 10.7. The molecule has 0 heterocycles. The van der Waals surface area contributed by atoms with Crippen molar-refractivity contribution in [3.05, 3.63) is 35.4 Å². The van der Waals surface area contributed by atoms with Gasteiger partial charge in [0.15, 0.2) is 0 Å². The molecule has 0 unspecified atom stereocenters. The largest absolute Gasteiger partial charge is 0.416 e. The maximum atomic E-state index is 12.3. The van der Waals surface area contributed by atoms with Crippen molar-refractivity contribution in [2.24, 2.45) is 5.73 Å². The Balaban J connectivity index is 2.43. The maximum Gasteiger partial charge on any atom is 0.416 e. The van der Waals surface area contributed by atoms with Crippen molar-refractivity contribution in [2.45, 2.75) is 38.3 Å². The Kier molecular flexibility index (Phi) is 6.02. The lowest BCUT2D eigenvalue weighted by Gasteiger charge is -2.07. The molecule has 0 aromatic heterocycles. The van der Waals surface area contributed by atoms with E-state index < -0.39 is 11.7 Å². The van der Waals surface area contributed by atoms with Gasteiger partial charge in [-0.1, -0.05) is 18.6 Å². The van der Waals surface area contributed by atoms with E-state index in [4.69, 9.17) is 5.73 Å². The zero-order valence-electron chi connectivity index (χ0n) is 10.7. The average molecular weight is 273 g/mol. The molecule has 106 valence electrons. The molecule has 1 rings (SSSR count). The second-order valence-electron chi connectivity index (χ2n) is 4.51. The van der Waals surface area contributed by atoms with Gasteiger partial charge < -0.3 is 5.73 Å². The van der Waals surface area contributed by atoms with E-state index >= 15 is 0 Å². The van der Waals surface area contributed by atoms with Crippen LogP contribution in [0.2, 0.25) is 0 Å². The summed E-state index contributed by atoms with van der Waals surface area (Å²) in [6.07, 6.45) is -1.08. The van der Waals surface area contributed by atoms with Crippen molar-refractivity contribution in [2.75, 3.05) is 6.54 Å². The molecule has 0 aliphatic carbocycles. The van der Waals surface area contributed by atoms with Crippen LogP contribution >= 0.6 is 0 Å². The number of ketones is 1. The first-order valence-electron chi connectivity index (χ1n) is 6.31. The van der Waals surface area contributed by atoms with Gasteiger partial charge in [-0.2, -0.15) is 13.2 Å². The van der Waals surface area contributed by atoms with Crippen molar-refractivity contribution in [1.82, 2.24) is 0 Å². The Bertz CT molecular complexity index is 398. The molecule has 1 aromatic rings. The Morgan fingerprint density at radius 2 is 1.68 bits per heavy atom. The summed E-state index contributed by atoms with van der Waals surface area (Å²) in [7, 11) is 0. The Hall–Kier alpha value is -1.36. The fraction of sp³-hybridized carbons (Fsp3) is 0.500. The highest BCUT2D eigenvalue weighted by Crippen LogP contribution is 2.29. The smallest absolute Gasteiger partial charge is 0.330 e. The van der Waals surface area contributed by atoms with Gasteiger partial charge in [-0.05, 0) is 37.1 Å². The molecule has 0 atom stereocenters. The summed E-state index contributed by atoms with van der Waals surface area (Å²) >= 11 is 0. The van der Waals surface area contributed by atoms with E-state index in [1.165, 1.54) is 12.1 Å². The third kappa shape index (κ3) is 5.87. The number of benzene rings is 1.